The first-order chi connectivity index (χ1) is 8.85. The maximum atomic E-state index is 11.9. The highest BCUT2D eigenvalue weighted by Gasteiger charge is 2.27. The maximum absolute atomic E-state index is 11.9. The lowest BCUT2D eigenvalue weighted by molar-refractivity contribution is -0.0327. The molecule has 106 valence electrons. The highest BCUT2D eigenvalue weighted by atomic mass is 32.2. The van der Waals surface area contributed by atoms with Crippen molar-refractivity contribution in [2.45, 2.75) is 10.4 Å². The Balaban J connectivity index is 2.70. The van der Waals surface area contributed by atoms with Gasteiger partial charge in [0.2, 0.25) is 0 Å². The molecule has 3 nitrogen and oxygen atoms in total. The van der Waals surface area contributed by atoms with Crippen LogP contribution in [-0.2, 0) is 0 Å². The van der Waals surface area contributed by atoms with Crippen molar-refractivity contribution in [2.75, 3.05) is 23.9 Å². The van der Waals surface area contributed by atoms with Crippen molar-refractivity contribution in [1.29, 1.82) is 0 Å². The van der Waals surface area contributed by atoms with E-state index in [9.17, 15) is 18.0 Å². The van der Waals surface area contributed by atoms with Crippen molar-refractivity contribution in [3.05, 3.63) is 23.8 Å². The number of aromatic carboxylic acids is 1. The van der Waals surface area contributed by atoms with Crippen molar-refractivity contribution in [3.8, 4) is 0 Å². The Hall–Kier alpha value is -1.02. The zero-order chi connectivity index (χ0) is 14.5. The zero-order valence-corrected chi connectivity index (χ0v) is 11.6. The summed E-state index contributed by atoms with van der Waals surface area (Å²) in [5.41, 5.74) is -3.84. The van der Waals surface area contributed by atoms with E-state index in [2.05, 4.69) is 5.32 Å². The van der Waals surface area contributed by atoms with E-state index in [1.165, 1.54) is 11.8 Å². The molecule has 0 heterocycles. The van der Waals surface area contributed by atoms with Crippen LogP contribution in [0.25, 0.3) is 0 Å². The number of halogens is 3. The molecule has 0 amide bonds. The second-order valence-electron chi connectivity index (χ2n) is 3.41. The lowest BCUT2D eigenvalue weighted by Crippen LogP contribution is -2.12. The average Bonchev–Trinajstić information content (AvgIpc) is 2.32. The number of anilines is 1. The first kappa shape index (κ1) is 16.0. The standard InChI is InChI=1S/C11H12F3NO2S2/c1-18-8-4-2-3-7(9(8)10(16)17)15-5-6-19-11(12,13)14/h2-4,15H,5-6H2,1H3,(H,16,17). The summed E-state index contributed by atoms with van der Waals surface area (Å²) in [4.78, 5) is 11.7. The van der Waals surface area contributed by atoms with Gasteiger partial charge >= 0.3 is 11.5 Å². The van der Waals surface area contributed by atoms with E-state index < -0.39 is 11.5 Å². The van der Waals surface area contributed by atoms with Gasteiger partial charge < -0.3 is 10.4 Å². The third-order valence-corrected chi connectivity index (χ3v) is 3.66. The SMILES string of the molecule is CSc1cccc(NCCSC(F)(F)F)c1C(=O)O. The number of carboxylic acids is 1. The molecule has 0 aliphatic carbocycles. The summed E-state index contributed by atoms with van der Waals surface area (Å²) in [6, 6.07) is 4.86. The summed E-state index contributed by atoms with van der Waals surface area (Å²) < 4.78 is 35.8. The molecule has 0 bridgehead atoms. The topological polar surface area (TPSA) is 49.3 Å². The van der Waals surface area contributed by atoms with E-state index in [-0.39, 0.29) is 29.6 Å². The van der Waals surface area contributed by atoms with Crippen LogP contribution >= 0.6 is 23.5 Å². The maximum Gasteiger partial charge on any atom is 0.441 e. The summed E-state index contributed by atoms with van der Waals surface area (Å²) in [7, 11) is 0. The van der Waals surface area contributed by atoms with Gasteiger partial charge in [-0.05, 0) is 30.2 Å². The van der Waals surface area contributed by atoms with Crippen LogP contribution in [-0.4, -0.2) is 35.1 Å². The molecule has 0 spiro atoms. The summed E-state index contributed by atoms with van der Waals surface area (Å²) in [6.07, 6.45) is 1.74. The summed E-state index contributed by atoms with van der Waals surface area (Å²) in [5, 5.41) is 11.9. The van der Waals surface area contributed by atoms with Crippen LogP contribution in [0.1, 0.15) is 10.4 Å². The van der Waals surface area contributed by atoms with E-state index in [0.717, 1.165) is 0 Å². The Morgan fingerprint density at radius 2 is 2.11 bits per heavy atom. The monoisotopic (exact) mass is 311 g/mol. The molecule has 0 saturated heterocycles. The number of hydrogen-bond acceptors (Lipinski definition) is 4. The predicted octanol–water partition coefficient (Wildman–Crippen LogP) is 3.77. The van der Waals surface area contributed by atoms with Gasteiger partial charge in [0.25, 0.3) is 0 Å². The number of carbonyl (C=O) groups is 1. The molecule has 0 fully saturated rings. The Bertz CT molecular complexity index is 452. The minimum Gasteiger partial charge on any atom is -0.478 e. The van der Waals surface area contributed by atoms with Gasteiger partial charge in [0.05, 0.1) is 5.56 Å². The van der Waals surface area contributed by atoms with Crippen molar-refractivity contribution >= 4 is 35.2 Å². The molecule has 0 aromatic heterocycles. The number of rotatable bonds is 6. The fourth-order valence-electron chi connectivity index (χ4n) is 1.42. The van der Waals surface area contributed by atoms with Gasteiger partial charge in [0, 0.05) is 22.9 Å². The van der Waals surface area contributed by atoms with E-state index in [1.807, 2.05) is 0 Å². The largest absolute Gasteiger partial charge is 0.478 e. The van der Waals surface area contributed by atoms with Crippen LogP contribution in [0.4, 0.5) is 18.9 Å². The second kappa shape index (κ2) is 6.95. The van der Waals surface area contributed by atoms with Gasteiger partial charge in [-0.15, -0.1) is 11.8 Å². The Kier molecular flexibility index (Phi) is 5.86. The summed E-state index contributed by atoms with van der Waals surface area (Å²) in [6.45, 7) is 0.0439. The predicted molar refractivity (Wildman–Crippen MR) is 72.2 cm³/mol. The molecule has 1 aromatic carbocycles. The van der Waals surface area contributed by atoms with E-state index in [0.29, 0.717) is 10.6 Å². The average molecular weight is 311 g/mol. The van der Waals surface area contributed by atoms with Crippen molar-refractivity contribution in [1.82, 2.24) is 0 Å². The highest BCUT2D eigenvalue weighted by Crippen LogP contribution is 2.30. The van der Waals surface area contributed by atoms with Gasteiger partial charge in [0.1, 0.15) is 0 Å². The molecule has 0 saturated carbocycles. The molecule has 8 heteroatoms. The molecule has 1 rings (SSSR count). The molecule has 2 N–H and O–H groups in total. The fourth-order valence-corrected chi connectivity index (χ4v) is 2.47. The van der Waals surface area contributed by atoms with Gasteiger partial charge in [-0.3, -0.25) is 0 Å². The van der Waals surface area contributed by atoms with Gasteiger partial charge in [-0.2, -0.15) is 13.2 Å². The van der Waals surface area contributed by atoms with Gasteiger partial charge in [0.15, 0.2) is 0 Å². The number of alkyl halides is 3. The Labute approximate surface area is 117 Å². The van der Waals surface area contributed by atoms with Crippen molar-refractivity contribution in [3.63, 3.8) is 0 Å². The molecule has 0 aliphatic heterocycles. The van der Waals surface area contributed by atoms with Crippen LogP contribution in [0.3, 0.4) is 0 Å². The Morgan fingerprint density at radius 1 is 1.42 bits per heavy atom. The number of hydrogen-bond donors (Lipinski definition) is 2. The zero-order valence-electron chi connectivity index (χ0n) is 9.95. The lowest BCUT2D eigenvalue weighted by Gasteiger charge is -2.12. The summed E-state index contributed by atoms with van der Waals surface area (Å²) >= 11 is 1.14. The molecule has 0 radical (unpaired) electrons. The number of thioether (sulfide) groups is 2. The summed E-state index contributed by atoms with van der Waals surface area (Å²) in [5.74, 6) is -1.28. The van der Waals surface area contributed by atoms with E-state index in [1.54, 1.807) is 24.5 Å². The molecule has 0 atom stereocenters. The minimum absolute atomic E-state index is 0.0439. The highest BCUT2D eigenvalue weighted by molar-refractivity contribution is 8.00. The van der Waals surface area contributed by atoms with Crippen LogP contribution < -0.4 is 5.32 Å². The number of benzene rings is 1. The van der Waals surface area contributed by atoms with Crippen LogP contribution in [0.15, 0.2) is 23.1 Å². The minimum atomic E-state index is -4.27. The molecular weight excluding hydrogens is 299 g/mol. The van der Waals surface area contributed by atoms with E-state index >= 15 is 0 Å². The normalized spacial score (nSPS) is 11.4. The second-order valence-corrected chi connectivity index (χ2v) is 5.42. The van der Waals surface area contributed by atoms with E-state index in [4.69, 9.17) is 5.11 Å². The van der Waals surface area contributed by atoms with Crippen LogP contribution in [0.5, 0.6) is 0 Å². The van der Waals surface area contributed by atoms with Crippen LogP contribution in [0, 0.1) is 0 Å². The molecule has 0 unspecified atom stereocenters. The fraction of sp³-hybridized carbons (Fsp3) is 0.364. The third kappa shape index (κ3) is 5.23. The molecule has 0 aliphatic rings. The molecule has 19 heavy (non-hydrogen) atoms. The number of carboxylic acid groups (broad SMARTS) is 1. The number of nitrogens with one attached hydrogen (secondary N) is 1. The first-order valence-corrected chi connectivity index (χ1v) is 7.41. The van der Waals surface area contributed by atoms with Crippen LogP contribution in [0.2, 0.25) is 0 Å². The smallest absolute Gasteiger partial charge is 0.441 e. The molecule has 1 aromatic rings. The third-order valence-electron chi connectivity index (χ3n) is 2.14. The molecular formula is C11H12F3NO2S2. The van der Waals surface area contributed by atoms with Gasteiger partial charge in [-0.1, -0.05) is 6.07 Å². The van der Waals surface area contributed by atoms with Crippen molar-refractivity contribution < 1.29 is 23.1 Å². The van der Waals surface area contributed by atoms with Crippen molar-refractivity contribution in [2.24, 2.45) is 0 Å². The lowest BCUT2D eigenvalue weighted by atomic mass is 10.2. The Morgan fingerprint density at radius 3 is 2.63 bits per heavy atom. The first-order valence-electron chi connectivity index (χ1n) is 5.20. The van der Waals surface area contributed by atoms with Gasteiger partial charge in [-0.25, -0.2) is 4.79 Å². The quantitative estimate of drug-likeness (QED) is 0.618.